The second-order valence-corrected chi connectivity index (χ2v) is 4.75. The van der Waals surface area contributed by atoms with Crippen molar-refractivity contribution in [1.82, 2.24) is 0 Å². The van der Waals surface area contributed by atoms with Gasteiger partial charge < -0.3 is 9.84 Å². The van der Waals surface area contributed by atoms with Crippen LogP contribution in [0.3, 0.4) is 0 Å². The van der Waals surface area contributed by atoms with Gasteiger partial charge in [-0.1, -0.05) is 30.3 Å². The number of hydrogen-bond donors (Lipinski definition) is 1. The van der Waals surface area contributed by atoms with Crippen LogP contribution in [0.15, 0.2) is 30.3 Å². The highest BCUT2D eigenvalue weighted by Crippen LogP contribution is 2.15. The second-order valence-electron chi connectivity index (χ2n) is 4.75. The van der Waals surface area contributed by atoms with Gasteiger partial charge in [-0.15, -0.1) is 0 Å². The van der Waals surface area contributed by atoms with Crippen LogP contribution in [-0.4, -0.2) is 22.8 Å². The van der Waals surface area contributed by atoms with Gasteiger partial charge in [-0.2, -0.15) is 0 Å². The van der Waals surface area contributed by atoms with Crippen molar-refractivity contribution in [2.45, 2.75) is 38.9 Å². The van der Waals surface area contributed by atoms with Gasteiger partial charge in [0.2, 0.25) is 0 Å². The van der Waals surface area contributed by atoms with E-state index in [4.69, 9.17) is 9.84 Å². The largest absolute Gasteiger partial charge is 0.479 e. The highest BCUT2D eigenvalue weighted by molar-refractivity contribution is 5.72. The molecule has 16 heavy (non-hydrogen) atoms. The molecule has 1 aromatic rings. The van der Waals surface area contributed by atoms with E-state index in [2.05, 4.69) is 0 Å². The summed E-state index contributed by atoms with van der Waals surface area (Å²) in [7, 11) is 0. The smallest absolute Gasteiger partial charge is 0.333 e. The van der Waals surface area contributed by atoms with Crippen LogP contribution in [0, 0.1) is 0 Å². The molecule has 88 valence electrons. The van der Waals surface area contributed by atoms with E-state index in [0.29, 0.717) is 6.42 Å². The molecule has 3 heteroatoms. The fourth-order valence-corrected chi connectivity index (χ4v) is 1.43. The van der Waals surface area contributed by atoms with Crippen LogP contribution in [0.1, 0.15) is 26.3 Å². The highest BCUT2D eigenvalue weighted by Gasteiger charge is 2.24. The summed E-state index contributed by atoms with van der Waals surface area (Å²) in [6.07, 6.45) is -0.393. The minimum Gasteiger partial charge on any atom is -0.479 e. The van der Waals surface area contributed by atoms with E-state index in [-0.39, 0.29) is 0 Å². The van der Waals surface area contributed by atoms with Crippen LogP contribution in [0.4, 0.5) is 0 Å². The number of carbonyl (C=O) groups is 1. The number of benzene rings is 1. The van der Waals surface area contributed by atoms with Crippen molar-refractivity contribution in [2.24, 2.45) is 0 Å². The number of ether oxygens (including phenoxy) is 1. The first-order chi connectivity index (χ1) is 7.38. The molecule has 0 bridgehead atoms. The summed E-state index contributed by atoms with van der Waals surface area (Å²) in [6, 6.07) is 9.50. The van der Waals surface area contributed by atoms with Gasteiger partial charge in [0, 0.05) is 6.42 Å². The van der Waals surface area contributed by atoms with Crippen LogP contribution in [0.5, 0.6) is 0 Å². The molecule has 1 atom stereocenters. The number of carboxylic acid groups (broad SMARTS) is 1. The van der Waals surface area contributed by atoms with E-state index in [1.165, 1.54) is 0 Å². The molecule has 1 N–H and O–H groups in total. The molecular weight excluding hydrogens is 204 g/mol. The normalized spacial score (nSPS) is 13.4. The molecule has 0 spiro atoms. The quantitative estimate of drug-likeness (QED) is 0.851. The van der Waals surface area contributed by atoms with Gasteiger partial charge in [-0.3, -0.25) is 0 Å². The molecule has 0 aliphatic rings. The molecule has 0 aromatic heterocycles. The van der Waals surface area contributed by atoms with E-state index in [1.807, 2.05) is 51.1 Å². The maximum atomic E-state index is 11.1. The van der Waals surface area contributed by atoms with Crippen molar-refractivity contribution in [3.05, 3.63) is 35.9 Å². The lowest BCUT2D eigenvalue weighted by Crippen LogP contribution is -2.34. The third-order valence-corrected chi connectivity index (χ3v) is 2.04. The summed E-state index contributed by atoms with van der Waals surface area (Å²) in [5, 5.41) is 9.07. The van der Waals surface area contributed by atoms with Crippen LogP contribution in [0.25, 0.3) is 0 Å². The van der Waals surface area contributed by atoms with Crippen molar-refractivity contribution in [3.63, 3.8) is 0 Å². The zero-order valence-electron chi connectivity index (χ0n) is 9.93. The van der Waals surface area contributed by atoms with Crippen molar-refractivity contribution in [3.8, 4) is 0 Å². The predicted octanol–water partition coefficient (Wildman–Crippen LogP) is 2.50. The van der Waals surface area contributed by atoms with Gasteiger partial charge in [0.25, 0.3) is 0 Å². The summed E-state index contributed by atoms with van der Waals surface area (Å²) in [5.41, 5.74) is 0.525. The van der Waals surface area contributed by atoms with Crippen LogP contribution >= 0.6 is 0 Å². The molecular formula is C13H18O3. The van der Waals surface area contributed by atoms with Gasteiger partial charge in [0.15, 0.2) is 6.10 Å². The van der Waals surface area contributed by atoms with Gasteiger partial charge >= 0.3 is 5.97 Å². The fourth-order valence-electron chi connectivity index (χ4n) is 1.43. The van der Waals surface area contributed by atoms with Gasteiger partial charge in [0.1, 0.15) is 0 Å². The number of rotatable bonds is 4. The van der Waals surface area contributed by atoms with Crippen LogP contribution in [-0.2, 0) is 16.0 Å². The zero-order valence-corrected chi connectivity index (χ0v) is 9.93. The van der Waals surface area contributed by atoms with Crippen LogP contribution in [0.2, 0.25) is 0 Å². The lowest BCUT2D eigenvalue weighted by Gasteiger charge is -2.25. The molecule has 0 saturated carbocycles. The molecule has 0 saturated heterocycles. The van der Waals surface area contributed by atoms with Crippen LogP contribution < -0.4 is 0 Å². The van der Waals surface area contributed by atoms with E-state index in [0.717, 1.165) is 5.56 Å². The third kappa shape index (κ3) is 4.45. The molecule has 3 nitrogen and oxygen atoms in total. The number of aliphatic carboxylic acids is 1. The Balaban J connectivity index is 2.70. The maximum absolute atomic E-state index is 11.1. The summed E-state index contributed by atoms with van der Waals surface area (Å²) >= 11 is 0. The molecule has 0 unspecified atom stereocenters. The first kappa shape index (κ1) is 12.7. The Morgan fingerprint density at radius 1 is 1.31 bits per heavy atom. The van der Waals surface area contributed by atoms with Crippen molar-refractivity contribution in [1.29, 1.82) is 0 Å². The molecule has 0 aliphatic carbocycles. The summed E-state index contributed by atoms with van der Waals surface area (Å²) < 4.78 is 5.50. The van der Waals surface area contributed by atoms with Crippen molar-refractivity contribution >= 4 is 5.97 Å². The second kappa shape index (κ2) is 5.12. The molecule has 1 aromatic carbocycles. The van der Waals surface area contributed by atoms with Gasteiger partial charge in [-0.05, 0) is 26.3 Å². The van der Waals surface area contributed by atoms with Gasteiger partial charge in [0.05, 0.1) is 5.60 Å². The number of hydrogen-bond acceptors (Lipinski definition) is 2. The third-order valence-electron chi connectivity index (χ3n) is 2.04. The molecule has 0 radical (unpaired) electrons. The first-order valence-electron chi connectivity index (χ1n) is 5.33. The molecule has 0 amide bonds. The minimum atomic E-state index is -0.918. The average molecular weight is 222 g/mol. The Bertz CT molecular complexity index is 338. The van der Waals surface area contributed by atoms with Crippen molar-refractivity contribution < 1.29 is 14.6 Å². The maximum Gasteiger partial charge on any atom is 0.333 e. The lowest BCUT2D eigenvalue weighted by molar-refractivity contribution is -0.159. The monoisotopic (exact) mass is 222 g/mol. The SMILES string of the molecule is CC(C)(C)O[C@H](Cc1ccccc1)C(=O)O. The lowest BCUT2D eigenvalue weighted by atomic mass is 10.1. The Morgan fingerprint density at radius 3 is 2.31 bits per heavy atom. The first-order valence-corrected chi connectivity index (χ1v) is 5.33. The standard InChI is InChI=1S/C13H18O3/c1-13(2,3)16-11(12(14)15)9-10-7-5-4-6-8-10/h4-8,11H,9H2,1-3H3,(H,14,15)/t11-/m1/s1. The molecule has 1 rings (SSSR count). The molecule has 0 aliphatic heterocycles. The average Bonchev–Trinajstić information content (AvgIpc) is 2.16. The van der Waals surface area contributed by atoms with Gasteiger partial charge in [-0.25, -0.2) is 4.79 Å². The summed E-state index contributed by atoms with van der Waals surface area (Å²) in [4.78, 5) is 11.1. The molecule has 0 fully saturated rings. The minimum absolute atomic E-state index is 0.396. The summed E-state index contributed by atoms with van der Waals surface area (Å²) in [6.45, 7) is 5.57. The highest BCUT2D eigenvalue weighted by atomic mass is 16.5. The zero-order chi connectivity index (χ0) is 12.2. The number of carboxylic acids is 1. The van der Waals surface area contributed by atoms with E-state index < -0.39 is 17.7 Å². The summed E-state index contributed by atoms with van der Waals surface area (Å²) in [5.74, 6) is -0.918. The van der Waals surface area contributed by atoms with E-state index in [1.54, 1.807) is 0 Å². The fraction of sp³-hybridized carbons (Fsp3) is 0.462. The van der Waals surface area contributed by atoms with E-state index >= 15 is 0 Å². The van der Waals surface area contributed by atoms with E-state index in [9.17, 15) is 4.79 Å². The Kier molecular flexibility index (Phi) is 4.07. The van der Waals surface area contributed by atoms with Crippen molar-refractivity contribution in [2.75, 3.05) is 0 Å². The Morgan fingerprint density at radius 2 is 1.88 bits per heavy atom. The topological polar surface area (TPSA) is 46.5 Å². The Hall–Kier alpha value is -1.35. The Labute approximate surface area is 96.1 Å². The predicted molar refractivity (Wildman–Crippen MR) is 62.4 cm³/mol. The molecule has 0 heterocycles.